The van der Waals surface area contributed by atoms with Crippen molar-refractivity contribution in [3.63, 3.8) is 0 Å². The lowest BCUT2D eigenvalue weighted by molar-refractivity contribution is -0.143. The molecule has 0 aromatic heterocycles. The molecule has 0 radical (unpaired) electrons. The molecule has 380 valence electrons. The molecule has 0 saturated carbocycles. The van der Waals surface area contributed by atoms with Crippen molar-refractivity contribution < 1.29 is 24.5 Å². The summed E-state index contributed by atoms with van der Waals surface area (Å²) in [4.78, 5) is 24.5. The third-order valence-corrected chi connectivity index (χ3v) is 12.8. The molecule has 6 heteroatoms. The van der Waals surface area contributed by atoms with Gasteiger partial charge in [0.2, 0.25) is 5.91 Å². The quantitative estimate of drug-likeness (QED) is 0.0321. The monoisotopic (exact) mass is 912 g/mol. The summed E-state index contributed by atoms with van der Waals surface area (Å²) >= 11 is 0. The topological polar surface area (TPSA) is 95.9 Å². The van der Waals surface area contributed by atoms with Crippen LogP contribution in [0.25, 0.3) is 0 Å². The average molecular weight is 913 g/mol. The van der Waals surface area contributed by atoms with E-state index in [0.29, 0.717) is 25.9 Å². The van der Waals surface area contributed by atoms with E-state index in [9.17, 15) is 19.8 Å². The fourth-order valence-corrected chi connectivity index (χ4v) is 8.47. The summed E-state index contributed by atoms with van der Waals surface area (Å²) < 4.78 is 5.43. The highest BCUT2D eigenvalue weighted by Crippen LogP contribution is 2.17. The summed E-state index contributed by atoms with van der Waals surface area (Å²) in [6.45, 7) is 4.84. The first-order valence-electron chi connectivity index (χ1n) is 28.4. The second-order valence-corrected chi connectivity index (χ2v) is 19.3. The highest BCUT2D eigenvalue weighted by atomic mass is 16.5. The molecule has 0 heterocycles. The molecule has 0 aromatic carbocycles. The fourth-order valence-electron chi connectivity index (χ4n) is 8.47. The van der Waals surface area contributed by atoms with Crippen LogP contribution >= 0.6 is 0 Å². The first-order chi connectivity index (χ1) is 32.0. The standard InChI is InChI=1S/C59H109NO5/c1-3-5-7-9-11-13-15-17-18-19-21-24-28-31-35-39-43-47-51-57(62)56(55-61)60-58(63)52-48-44-40-36-32-29-25-22-20-23-26-30-34-38-42-46-50-54-65-59(64)53-49-45-41-37-33-27-16-14-12-10-8-6-4-2/h8,10,14,16,20,23,30,34,56-57,61-62H,3-7,9,11-13,15,17-19,21-22,24-29,31-33,35-55H2,1-2H3,(H,60,63)/b10-8-,16-14-,23-20-,34-30-. The highest BCUT2D eigenvalue weighted by Gasteiger charge is 2.20. The Bertz CT molecular complexity index is 1100. The summed E-state index contributed by atoms with van der Waals surface area (Å²) in [5, 5.41) is 23.3. The van der Waals surface area contributed by atoms with Gasteiger partial charge < -0.3 is 20.3 Å². The Hall–Kier alpha value is -2.18. The van der Waals surface area contributed by atoms with Gasteiger partial charge in [0.1, 0.15) is 0 Å². The zero-order valence-electron chi connectivity index (χ0n) is 43.2. The maximum absolute atomic E-state index is 12.5. The first-order valence-corrected chi connectivity index (χ1v) is 28.4. The number of unbranched alkanes of at least 4 members (excludes halogenated alkanes) is 33. The van der Waals surface area contributed by atoms with Crippen LogP contribution in [0.4, 0.5) is 0 Å². The Morgan fingerprint density at radius 2 is 0.800 bits per heavy atom. The van der Waals surface area contributed by atoms with Crippen LogP contribution < -0.4 is 5.32 Å². The molecule has 0 bridgehead atoms. The predicted octanol–water partition coefficient (Wildman–Crippen LogP) is 17.4. The highest BCUT2D eigenvalue weighted by molar-refractivity contribution is 5.76. The molecule has 0 saturated heterocycles. The molecule has 0 aliphatic carbocycles. The van der Waals surface area contributed by atoms with E-state index in [0.717, 1.165) is 96.3 Å². The van der Waals surface area contributed by atoms with E-state index in [1.165, 1.54) is 161 Å². The van der Waals surface area contributed by atoms with Crippen molar-refractivity contribution in [1.82, 2.24) is 5.32 Å². The number of carbonyl (C=O) groups excluding carboxylic acids is 2. The number of esters is 1. The zero-order valence-corrected chi connectivity index (χ0v) is 43.2. The number of aliphatic hydroxyl groups is 2. The molecule has 6 nitrogen and oxygen atoms in total. The summed E-state index contributed by atoms with van der Waals surface area (Å²) in [6, 6.07) is -0.555. The van der Waals surface area contributed by atoms with Crippen molar-refractivity contribution in [2.75, 3.05) is 13.2 Å². The Morgan fingerprint density at radius 1 is 0.431 bits per heavy atom. The van der Waals surface area contributed by atoms with E-state index in [4.69, 9.17) is 4.74 Å². The number of hydrogen-bond acceptors (Lipinski definition) is 5. The van der Waals surface area contributed by atoms with Crippen molar-refractivity contribution in [3.8, 4) is 0 Å². The van der Waals surface area contributed by atoms with Gasteiger partial charge in [-0.1, -0.05) is 236 Å². The third-order valence-electron chi connectivity index (χ3n) is 12.8. The number of allylic oxidation sites excluding steroid dienone is 8. The lowest BCUT2D eigenvalue weighted by atomic mass is 10.0. The lowest BCUT2D eigenvalue weighted by Crippen LogP contribution is -2.45. The van der Waals surface area contributed by atoms with Crippen molar-refractivity contribution in [2.45, 2.75) is 302 Å². The van der Waals surface area contributed by atoms with Crippen molar-refractivity contribution in [1.29, 1.82) is 0 Å². The van der Waals surface area contributed by atoms with Gasteiger partial charge in [0.25, 0.3) is 0 Å². The molecule has 0 aromatic rings. The third kappa shape index (κ3) is 51.1. The number of rotatable bonds is 52. The molecule has 0 rings (SSSR count). The van der Waals surface area contributed by atoms with Gasteiger partial charge in [0.15, 0.2) is 0 Å². The van der Waals surface area contributed by atoms with Crippen LogP contribution in [0.1, 0.15) is 290 Å². The summed E-state index contributed by atoms with van der Waals surface area (Å²) in [7, 11) is 0. The lowest BCUT2D eigenvalue weighted by Gasteiger charge is -2.22. The molecule has 0 aliphatic rings. The number of aliphatic hydroxyl groups excluding tert-OH is 2. The van der Waals surface area contributed by atoms with E-state index >= 15 is 0 Å². The van der Waals surface area contributed by atoms with Crippen molar-refractivity contribution in [2.24, 2.45) is 0 Å². The van der Waals surface area contributed by atoms with Crippen LogP contribution in [0, 0.1) is 0 Å². The molecular weight excluding hydrogens is 803 g/mol. The second kappa shape index (κ2) is 54.4. The van der Waals surface area contributed by atoms with Gasteiger partial charge >= 0.3 is 5.97 Å². The maximum Gasteiger partial charge on any atom is 0.305 e. The van der Waals surface area contributed by atoms with E-state index in [1.54, 1.807) is 0 Å². The number of ether oxygens (including phenoxy) is 1. The van der Waals surface area contributed by atoms with Crippen LogP contribution in [0.15, 0.2) is 48.6 Å². The fraction of sp³-hybridized carbons (Fsp3) is 0.831. The Kier molecular flexibility index (Phi) is 52.6. The Morgan fingerprint density at radius 3 is 1.23 bits per heavy atom. The number of hydrogen-bond donors (Lipinski definition) is 3. The summed E-state index contributed by atoms with van der Waals surface area (Å²) in [5.41, 5.74) is 0. The second-order valence-electron chi connectivity index (χ2n) is 19.3. The molecule has 0 spiro atoms. The van der Waals surface area contributed by atoms with E-state index in [-0.39, 0.29) is 18.5 Å². The van der Waals surface area contributed by atoms with Crippen molar-refractivity contribution in [3.05, 3.63) is 48.6 Å². The maximum atomic E-state index is 12.5. The van der Waals surface area contributed by atoms with E-state index in [2.05, 4.69) is 67.8 Å². The van der Waals surface area contributed by atoms with Gasteiger partial charge in [-0.05, 0) is 89.9 Å². The normalized spacial score (nSPS) is 13.0. The minimum absolute atomic E-state index is 0.0312. The van der Waals surface area contributed by atoms with Crippen LogP contribution in [0.5, 0.6) is 0 Å². The van der Waals surface area contributed by atoms with Gasteiger partial charge in [-0.15, -0.1) is 0 Å². The van der Waals surface area contributed by atoms with E-state index in [1.807, 2.05) is 0 Å². The Balaban J connectivity index is 3.52. The molecule has 2 atom stereocenters. The molecule has 3 N–H and O–H groups in total. The minimum atomic E-state index is -0.676. The van der Waals surface area contributed by atoms with Gasteiger partial charge in [0.05, 0.1) is 25.4 Å². The minimum Gasteiger partial charge on any atom is -0.466 e. The summed E-state index contributed by atoms with van der Waals surface area (Å²) in [5.74, 6) is -0.0819. The SMILES string of the molecule is CCC/C=C\C/C=C\CCCCCCCC(=O)OCCCCC/C=C\C/C=C\CCCCCCCCCC(=O)NC(CO)C(O)CCCCCCCCCCCCCCCCCCCC. The molecular formula is C59H109NO5. The molecule has 65 heavy (non-hydrogen) atoms. The largest absolute Gasteiger partial charge is 0.466 e. The number of carbonyl (C=O) groups is 2. The zero-order chi connectivity index (χ0) is 47.2. The molecule has 0 fully saturated rings. The van der Waals surface area contributed by atoms with Crippen LogP contribution in [-0.2, 0) is 14.3 Å². The number of amides is 1. The van der Waals surface area contributed by atoms with Gasteiger partial charge in [-0.25, -0.2) is 0 Å². The first kappa shape index (κ1) is 62.8. The van der Waals surface area contributed by atoms with Gasteiger partial charge in [-0.2, -0.15) is 0 Å². The van der Waals surface area contributed by atoms with Crippen LogP contribution in [0.2, 0.25) is 0 Å². The molecule has 2 unspecified atom stereocenters. The van der Waals surface area contributed by atoms with Crippen LogP contribution in [0.3, 0.4) is 0 Å². The summed E-state index contributed by atoms with van der Waals surface area (Å²) in [6.07, 6.45) is 68.1. The molecule has 1 amide bonds. The van der Waals surface area contributed by atoms with Gasteiger partial charge in [-0.3, -0.25) is 9.59 Å². The average Bonchev–Trinajstić information content (AvgIpc) is 3.31. The molecule has 0 aliphatic heterocycles. The van der Waals surface area contributed by atoms with Crippen molar-refractivity contribution >= 4 is 11.9 Å². The smallest absolute Gasteiger partial charge is 0.305 e. The van der Waals surface area contributed by atoms with Gasteiger partial charge in [0, 0.05) is 12.8 Å². The number of nitrogens with one attached hydrogen (secondary N) is 1. The predicted molar refractivity (Wildman–Crippen MR) is 282 cm³/mol. The van der Waals surface area contributed by atoms with Crippen LogP contribution in [-0.4, -0.2) is 47.4 Å². The van der Waals surface area contributed by atoms with E-state index < -0.39 is 12.1 Å². The Labute approximate surface area is 404 Å².